The Labute approximate surface area is 85.4 Å². The van der Waals surface area contributed by atoms with E-state index in [1.54, 1.807) is 0 Å². The van der Waals surface area contributed by atoms with Crippen molar-refractivity contribution in [3.63, 3.8) is 0 Å². The second-order valence-electron chi connectivity index (χ2n) is 3.98. The SMILES string of the molecule is N#CCCC[C@H]1CCc2ccccc21. The molecule has 0 aliphatic heterocycles. The van der Waals surface area contributed by atoms with Gasteiger partial charge in [0.25, 0.3) is 0 Å². The van der Waals surface area contributed by atoms with Crippen LogP contribution in [0.5, 0.6) is 0 Å². The molecule has 0 spiro atoms. The Morgan fingerprint density at radius 1 is 1.36 bits per heavy atom. The fraction of sp³-hybridized carbons (Fsp3) is 0.462. The van der Waals surface area contributed by atoms with E-state index in [2.05, 4.69) is 30.3 Å². The lowest BCUT2D eigenvalue weighted by atomic mass is 9.96. The van der Waals surface area contributed by atoms with Crippen molar-refractivity contribution in [2.45, 2.75) is 38.0 Å². The van der Waals surface area contributed by atoms with E-state index in [1.165, 1.54) is 30.4 Å². The van der Waals surface area contributed by atoms with Gasteiger partial charge >= 0.3 is 0 Å². The van der Waals surface area contributed by atoms with Gasteiger partial charge in [0.05, 0.1) is 6.07 Å². The van der Waals surface area contributed by atoms with Gasteiger partial charge in [0.1, 0.15) is 0 Å². The Bertz CT molecular complexity index is 348. The van der Waals surface area contributed by atoms with Crippen LogP contribution in [0.4, 0.5) is 0 Å². The molecule has 0 saturated carbocycles. The highest BCUT2D eigenvalue weighted by molar-refractivity contribution is 5.34. The molecule has 0 aromatic heterocycles. The number of hydrogen-bond acceptors (Lipinski definition) is 1. The van der Waals surface area contributed by atoms with Crippen LogP contribution in [0.15, 0.2) is 24.3 Å². The first-order chi connectivity index (χ1) is 6.92. The number of nitriles is 1. The van der Waals surface area contributed by atoms with Crippen LogP contribution in [0.25, 0.3) is 0 Å². The van der Waals surface area contributed by atoms with Crippen molar-refractivity contribution in [3.8, 4) is 6.07 Å². The molecule has 1 aromatic rings. The minimum absolute atomic E-state index is 0.707. The summed E-state index contributed by atoms with van der Waals surface area (Å²) in [7, 11) is 0. The molecule has 0 bridgehead atoms. The third-order valence-corrected chi connectivity index (χ3v) is 3.10. The van der Waals surface area contributed by atoms with Gasteiger partial charge in [-0.1, -0.05) is 24.3 Å². The second-order valence-corrected chi connectivity index (χ2v) is 3.98. The van der Waals surface area contributed by atoms with Crippen molar-refractivity contribution in [1.82, 2.24) is 0 Å². The van der Waals surface area contributed by atoms with E-state index >= 15 is 0 Å². The van der Waals surface area contributed by atoms with Gasteiger partial charge in [-0.15, -0.1) is 0 Å². The van der Waals surface area contributed by atoms with Gasteiger partial charge in [-0.25, -0.2) is 0 Å². The Kier molecular flexibility index (Phi) is 2.84. The molecule has 72 valence electrons. The van der Waals surface area contributed by atoms with E-state index in [0.717, 1.165) is 12.3 Å². The highest BCUT2D eigenvalue weighted by atomic mass is 14.3. The molecule has 0 radical (unpaired) electrons. The van der Waals surface area contributed by atoms with Crippen LogP contribution in [0, 0.1) is 11.3 Å². The highest BCUT2D eigenvalue weighted by Gasteiger charge is 2.20. The summed E-state index contributed by atoms with van der Waals surface area (Å²) in [6, 6.07) is 10.9. The van der Waals surface area contributed by atoms with Crippen LogP contribution < -0.4 is 0 Å². The smallest absolute Gasteiger partial charge is 0.0621 e. The molecule has 0 fully saturated rings. The predicted octanol–water partition coefficient (Wildman–Crippen LogP) is 3.41. The zero-order valence-corrected chi connectivity index (χ0v) is 8.37. The Hall–Kier alpha value is -1.29. The molecule has 0 amide bonds. The normalized spacial score (nSPS) is 18.9. The van der Waals surface area contributed by atoms with Gasteiger partial charge in [-0.05, 0) is 42.7 Å². The quantitative estimate of drug-likeness (QED) is 0.662. The van der Waals surface area contributed by atoms with Gasteiger partial charge in [-0.2, -0.15) is 5.26 Å². The number of nitrogens with zero attached hydrogens (tertiary/aromatic N) is 1. The topological polar surface area (TPSA) is 23.8 Å². The second kappa shape index (κ2) is 4.28. The lowest BCUT2D eigenvalue weighted by Gasteiger charge is -2.09. The predicted molar refractivity (Wildman–Crippen MR) is 57.0 cm³/mol. The van der Waals surface area contributed by atoms with Gasteiger partial charge in [-0.3, -0.25) is 0 Å². The average Bonchev–Trinajstić information content (AvgIpc) is 2.63. The van der Waals surface area contributed by atoms with E-state index in [1.807, 2.05) is 0 Å². The van der Waals surface area contributed by atoms with Crippen LogP contribution in [0.2, 0.25) is 0 Å². The Morgan fingerprint density at radius 2 is 2.21 bits per heavy atom. The lowest BCUT2D eigenvalue weighted by molar-refractivity contribution is 0.593. The first-order valence-corrected chi connectivity index (χ1v) is 5.36. The summed E-state index contributed by atoms with van der Waals surface area (Å²) in [6.07, 6.45) is 5.46. The third-order valence-electron chi connectivity index (χ3n) is 3.10. The van der Waals surface area contributed by atoms with E-state index < -0.39 is 0 Å². The minimum Gasteiger partial charge on any atom is -0.198 e. The first-order valence-electron chi connectivity index (χ1n) is 5.36. The molecule has 1 aliphatic carbocycles. The average molecular weight is 185 g/mol. The van der Waals surface area contributed by atoms with Gasteiger partial charge in [0, 0.05) is 6.42 Å². The highest BCUT2D eigenvalue weighted by Crippen LogP contribution is 2.36. The van der Waals surface area contributed by atoms with Crippen LogP contribution >= 0.6 is 0 Å². The number of fused-ring (bicyclic) bond motifs is 1. The summed E-state index contributed by atoms with van der Waals surface area (Å²) in [5, 5.41) is 8.49. The molecule has 1 heteroatoms. The summed E-state index contributed by atoms with van der Waals surface area (Å²) in [5.74, 6) is 0.722. The molecule has 0 unspecified atom stereocenters. The first kappa shape index (κ1) is 9.27. The van der Waals surface area contributed by atoms with Crippen molar-refractivity contribution < 1.29 is 0 Å². The maximum atomic E-state index is 8.49. The van der Waals surface area contributed by atoms with Crippen molar-refractivity contribution in [2.75, 3.05) is 0 Å². The Morgan fingerprint density at radius 3 is 3.07 bits per heavy atom. The largest absolute Gasteiger partial charge is 0.198 e. The van der Waals surface area contributed by atoms with Crippen LogP contribution in [-0.4, -0.2) is 0 Å². The number of unbranched alkanes of at least 4 members (excludes halogenated alkanes) is 1. The number of benzene rings is 1. The molecule has 1 nitrogen and oxygen atoms in total. The molecule has 0 heterocycles. The summed E-state index contributed by atoms with van der Waals surface area (Å²) < 4.78 is 0. The van der Waals surface area contributed by atoms with E-state index in [4.69, 9.17) is 5.26 Å². The maximum Gasteiger partial charge on any atom is 0.0621 e. The number of rotatable bonds is 3. The van der Waals surface area contributed by atoms with Gasteiger partial charge < -0.3 is 0 Å². The third kappa shape index (κ3) is 1.80. The zero-order chi connectivity index (χ0) is 9.80. The molecule has 14 heavy (non-hydrogen) atoms. The lowest BCUT2D eigenvalue weighted by Crippen LogP contribution is -1.92. The molecule has 0 N–H and O–H groups in total. The fourth-order valence-electron chi connectivity index (χ4n) is 2.37. The summed E-state index contributed by atoms with van der Waals surface area (Å²) in [6.45, 7) is 0. The molecular formula is C13H15N. The monoisotopic (exact) mass is 185 g/mol. The molecule has 1 aromatic carbocycles. The summed E-state index contributed by atoms with van der Waals surface area (Å²) >= 11 is 0. The van der Waals surface area contributed by atoms with Crippen molar-refractivity contribution in [2.24, 2.45) is 0 Å². The van der Waals surface area contributed by atoms with E-state index in [9.17, 15) is 0 Å². The van der Waals surface area contributed by atoms with Gasteiger partial charge in [0.15, 0.2) is 0 Å². The number of aryl methyl sites for hydroxylation is 1. The zero-order valence-electron chi connectivity index (χ0n) is 8.37. The molecular weight excluding hydrogens is 170 g/mol. The fourth-order valence-corrected chi connectivity index (χ4v) is 2.37. The van der Waals surface area contributed by atoms with E-state index in [-0.39, 0.29) is 0 Å². The van der Waals surface area contributed by atoms with Crippen LogP contribution in [0.1, 0.15) is 42.7 Å². The van der Waals surface area contributed by atoms with Crippen molar-refractivity contribution >= 4 is 0 Å². The molecule has 1 aliphatic rings. The molecule has 0 saturated heterocycles. The van der Waals surface area contributed by atoms with E-state index in [0.29, 0.717) is 6.42 Å². The molecule has 1 atom stereocenters. The van der Waals surface area contributed by atoms with Crippen LogP contribution in [-0.2, 0) is 6.42 Å². The van der Waals surface area contributed by atoms with Crippen molar-refractivity contribution in [1.29, 1.82) is 5.26 Å². The Balaban J connectivity index is 2.00. The number of hydrogen-bond donors (Lipinski definition) is 0. The summed E-state index contributed by atoms with van der Waals surface area (Å²) in [4.78, 5) is 0. The minimum atomic E-state index is 0.707. The maximum absolute atomic E-state index is 8.49. The standard InChI is InChI=1S/C13H15N/c14-10-4-3-6-12-9-8-11-5-1-2-7-13(11)12/h1-2,5,7,12H,3-4,6,8-9H2/t12-/m0/s1. The summed E-state index contributed by atoms with van der Waals surface area (Å²) in [5.41, 5.74) is 3.06. The van der Waals surface area contributed by atoms with Crippen LogP contribution in [0.3, 0.4) is 0 Å². The van der Waals surface area contributed by atoms with Crippen molar-refractivity contribution in [3.05, 3.63) is 35.4 Å². The molecule has 2 rings (SSSR count). The van der Waals surface area contributed by atoms with Gasteiger partial charge in [0.2, 0.25) is 0 Å².